The zero-order valence-corrected chi connectivity index (χ0v) is 13.4. The molecule has 0 radical (unpaired) electrons. The molecule has 0 fully saturated rings. The fourth-order valence-electron chi connectivity index (χ4n) is 2.10. The molecule has 0 aliphatic heterocycles. The lowest BCUT2D eigenvalue weighted by atomic mass is 10.0. The van der Waals surface area contributed by atoms with Crippen molar-refractivity contribution in [2.45, 2.75) is 20.8 Å². The van der Waals surface area contributed by atoms with Gasteiger partial charge < -0.3 is 4.74 Å². The Labute approximate surface area is 135 Å². The van der Waals surface area contributed by atoms with Gasteiger partial charge in [0.15, 0.2) is 0 Å². The highest BCUT2D eigenvalue weighted by Crippen LogP contribution is 2.21. The number of hydrogen-bond acceptors (Lipinski definition) is 3. The van der Waals surface area contributed by atoms with Crippen molar-refractivity contribution in [3.05, 3.63) is 71.0 Å². The Kier molecular flexibility index (Phi) is 5.31. The van der Waals surface area contributed by atoms with Crippen LogP contribution in [0.1, 0.15) is 22.3 Å². The van der Waals surface area contributed by atoms with E-state index < -0.39 is 5.91 Å². The molecule has 0 bridgehead atoms. The number of carbonyl (C=O) groups excluding carboxylic acids is 2. The molecule has 0 heterocycles. The van der Waals surface area contributed by atoms with Crippen LogP contribution in [0.5, 0.6) is 5.75 Å². The maximum atomic E-state index is 12.2. The van der Waals surface area contributed by atoms with Crippen molar-refractivity contribution in [1.29, 1.82) is 0 Å². The molecule has 0 unspecified atom stereocenters. The standard InChI is InChI=1S/C19H19NO3/c1-13-8-9-16(10-15(13)3)17(19(22)20-12-21)11-23-18-7-5-4-6-14(18)2/h4-12H,1-3H3,(H,20,21,22)/b17-11-. The van der Waals surface area contributed by atoms with Crippen LogP contribution >= 0.6 is 0 Å². The van der Waals surface area contributed by atoms with Crippen LogP contribution in [0, 0.1) is 20.8 Å². The molecule has 0 saturated carbocycles. The number of aryl methyl sites for hydroxylation is 3. The highest BCUT2D eigenvalue weighted by atomic mass is 16.5. The van der Waals surface area contributed by atoms with E-state index in [0.717, 1.165) is 16.7 Å². The normalized spacial score (nSPS) is 11.0. The molecule has 0 saturated heterocycles. The second kappa shape index (κ2) is 7.40. The zero-order valence-electron chi connectivity index (χ0n) is 13.4. The largest absolute Gasteiger partial charge is 0.464 e. The second-order valence-corrected chi connectivity index (χ2v) is 5.31. The predicted octanol–water partition coefficient (Wildman–Crippen LogP) is 3.30. The molecule has 2 aromatic rings. The van der Waals surface area contributed by atoms with Crippen molar-refractivity contribution in [1.82, 2.24) is 5.32 Å². The SMILES string of the molecule is Cc1ccc(/C(=C/Oc2ccccc2C)C(=O)NC=O)cc1C. The number of hydrogen-bond donors (Lipinski definition) is 1. The predicted molar refractivity (Wildman–Crippen MR) is 89.9 cm³/mol. The van der Waals surface area contributed by atoms with Gasteiger partial charge in [0.05, 0.1) is 5.57 Å². The van der Waals surface area contributed by atoms with E-state index in [2.05, 4.69) is 5.32 Å². The lowest BCUT2D eigenvalue weighted by Gasteiger charge is -2.10. The van der Waals surface area contributed by atoms with E-state index in [0.29, 0.717) is 23.3 Å². The summed E-state index contributed by atoms with van der Waals surface area (Å²) < 4.78 is 5.65. The molecule has 0 aromatic heterocycles. The molecule has 0 aliphatic rings. The molecule has 0 aliphatic carbocycles. The molecule has 0 spiro atoms. The highest BCUT2D eigenvalue weighted by Gasteiger charge is 2.13. The van der Waals surface area contributed by atoms with Gasteiger partial charge in [0.1, 0.15) is 12.0 Å². The number of ether oxygens (including phenoxy) is 1. The summed E-state index contributed by atoms with van der Waals surface area (Å²) in [6, 6.07) is 13.2. The van der Waals surface area contributed by atoms with Crippen LogP contribution in [-0.4, -0.2) is 12.3 Å². The van der Waals surface area contributed by atoms with Gasteiger partial charge in [-0.25, -0.2) is 0 Å². The Balaban J connectivity index is 2.39. The third-order valence-electron chi connectivity index (χ3n) is 3.65. The summed E-state index contributed by atoms with van der Waals surface area (Å²) in [5, 5.41) is 2.16. The monoisotopic (exact) mass is 309 g/mol. The van der Waals surface area contributed by atoms with Crippen molar-refractivity contribution in [3.8, 4) is 5.75 Å². The van der Waals surface area contributed by atoms with E-state index in [4.69, 9.17) is 4.74 Å². The minimum atomic E-state index is -0.503. The zero-order chi connectivity index (χ0) is 16.8. The first-order chi connectivity index (χ1) is 11.0. The van der Waals surface area contributed by atoms with Crippen molar-refractivity contribution in [2.24, 2.45) is 0 Å². The summed E-state index contributed by atoms with van der Waals surface area (Å²) >= 11 is 0. The van der Waals surface area contributed by atoms with Crippen molar-refractivity contribution < 1.29 is 14.3 Å². The van der Waals surface area contributed by atoms with Gasteiger partial charge >= 0.3 is 0 Å². The maximum absolute atomic E-state index is 12.2. The number of imide groups is 1. The molecule has 2 aromatic carbocycles. The van der Waals surface area contributed by atoms with Gasteiger partial charge in [-0.05, 0) is 49.1 Å². The minimum absolute atomic E-state index is 0.295. The number of carbonyl (C=O) groups is 2. The van der Waals surface area contributed by atoms with Crippen LogP contribution in [0.25, 0.3) is 5.57 Å². The third kappa shape index (κ3) is 4.07. The van der Waals surface area contributed by atoms with E-state index >= 15 is 0 Å². The lowest BCUT2D eigenvalue weighted by Crippen LogP contribution is -2.23. The number of rotatable bonds is 5. The number of amides is 2. The van der Waals surface area contributed by atoms with Gasteiger partial charge in [-0.15, -0.1) is 0 Å². The molecule has 0 atom stereocenters. The number of benzene rings is 2. The average Bonchev–Trinajstić information content (AvgIpc) is 2.53. The average molecular weight is 309 g/mol. The molecule has 4 heteroatoms. The Morgan fingerprint density at radius 3 is 2.39 bits per heavy atom. The van der Waals surface area contributed by atoms with Crippen molar-refractivity contribution in [3.63, 3.8) is 0 Å². The number of nitrogens with one attached hydrogen (secondary N) is 1. The van der Waals surface area contributed by atoms with E-state index in [1.807, 2.05) is 63.2 Å². The first-order valence-electron chi connectivity index (χ1n) is 7.27. The fourth-order valence-corrected chi connectivity index (χ4v) is 2.10. The van der Waals surface area contributed by atoms with Crippen LogP contribution < -0.4 is 10.1 Å². The highest BCUT2D eigenvalue weighted by molar-refractivity contribution is 6.21. The Morgan fingerprint density at radius 2 is 1.74 bits per heavy atom. The molecular weight excluding hydrogens is 290 g/mol. The summed E-state index contributed by atoms with van der Waals surface area (Å²) in [5.41, 5.74) is 4.13. The summed E-state index contributed by atoms with van der Waals surface area (Å²) in [6.07, 6.45) is 1.75. The third-order valence-corrected chi connectivity index (χ3v) is 3.65. The van der Waals surface area contributed by atoms with Gasteiger partial charge in [0.25, 0.3) is 5.91 Å². The van der Waals surface area contributed by atoms with Gasteiger partial charge in [0.2, 0.25) is 6.41 Å². The topological polar surface area (TPSA) is 55.4 Å². The van der Waals surface area contributed by atoms with Crippen molar-refractivity contribution >= 4 is 17.9 Å². The first kappa shape index (κ1) is 16.5. The van der Waals surface area contributed by atoms with Gasteiger partial charge in [0, 0.05) is 0 Å². The maximum Gasteiger partial charge on any atom is 0.261 e. The van der Waals surface area contributed by atoms with Gasteiger partial charge in [-0.3, -0.25) is 14.9 Å². The quantitative estimate of drug-likeness (QED) is 0.524. The van der Waals surface area contributed by atoms with Crippen LogP contribution in [0.2, 0.25) is 0 Å². The van der Waals surface area contributed by atoms with Gasteiger partial charge in [-0.2, -0.15) is 0 Å². The summed E-state index contributed by atoms with van der Waals surface area (Å²) in [7, 11) is 0. The summed E-state index contributed by atoms with van der Waals surface area (Å²) in [5.74, 6) is 0.157. The van der Waals surface area contributed by atoms with E-state index in [1.165, 1.54) is 6.26 Å². The molecule has 2 amide bonds. The lowest BCUT2D eigenvalue weighted by molar-refractivity contribution is -0.121. The van der Waals surface area contributed by atoms with Gasteiger partial charge in [-0.1, -0.05) is 36.4 Å². The second-order valence-electron chi connectivity index (χ2n) is 5.31. The molecule has 2 rings (SSSR count). The van der Waals surface area contributed by atoms with Crippen LogP contribution in [0.15, 0.2) is 48.7 Å². The van der Waals surface area contributed by atoms with Crippen LogP contribution in [0.4, 0.5) is 0 Å². The Morgan fingerprint density at radius 1 is 1.00 bits per heavy atom. The summed E-state index contributed by atoms with van der Waals surface area (Å²) in [4.78, 5) is 22.8. The summed E-state index contributed by atoms with van der Waals surface area (Å²) in [6.45, 7) is 5.89. The Bertz CT molecular complexity index is 763. The Hall–Kier alpha value is -2.88. The molecule has 118 valence electrons. The molecule has 1 N–H and O–H groups in total. The minimum Gasteiger partial charge on any atom is -0.464 e. The first-order valence-corrected chi connectivity index (χ1v) is 7.27. The van der Waals surface area contributed by atoms with E-state index in [1.54, 1.807) is 0 Å². The molecule has 23 heavy (non-hydrogen) atoms. The van der Waals surface area contributed by atoms with Crippen LogP contribution in [0.3, 0.4) is 0 Å². The van der Waals surface area contributed by atoms with E-state index in [9.17, 15) is 9.59 Å². The smallest absolute Gasteiger partial charge is 0.261 e. The fraction of sp³-hybridized carbons (Fsp3) is 0.158. The molecule has 4 nitrogen and oxygen atoms in total. The van der Waals surface area contributed by atoms with E-state index in [-0.39, 0.29) is 0 Å². The van der Waals surface area contributed by atoms with Crippen molar-refractivity contribution in [2.75, 3.05) is 0 Å². The molecular formula is C19H19NO3. The number of para-hydroxylation sites is 1. The van der Waals surface area contributed by atoms with Crippen LogP contribution in [-0.2, 0) is 9.59 Å².